The maximum atomic E-state index is 12.6. The third kappa shape index (κ3) is 3.57. The summed E-state index contributed by atoms with van der Waals surface area (Å²) in [5, 5.41) is 3.41. The topological polar surface area (TPSA) is 50.8 Å². The van der Waals surface area contributed by atoms with Gasteiger partial charge in [-0.15, -0.1) is 0 Å². The number of methoxy groups -OCH3 is 1. The third-order valence-corrected chi connectivity index (χ3v) is 4.68. The molecule has 2 fully saturated rings. The molecular weight excluding hydrogens is 380 g/mol. The Kier molecular flexibility index (Phi) is 4.99. The summed E-state index contributed by atoms with van der Waals surface area (Å²) in [5.74, 6) is 0.561. The Morgan fingerprint density at radius 3 is 3.09 bits per heavy atom. The summed E-state index contributed by atoms with van der Waals surface area (Å²) in [6.07, 6.45) is 3.82. The van der Waals surface area contributed by atoms with Crippen molar-refractivity contribution in [1.29, 1.82) is 0 Å². The van der Waals surface area contributed by atoms with Crippen molar-refractivity contribution in [2.24, 2.45) is 0 Å². The van der Waals surface area contributed by atoms with Crippen molar-refractivity contribution >= 4 is 45.2 Å². The van der Waals surface area contributed by atoms with Gasteiger partial charge in [0.25, 0.3) is 5.91 Å². The van der Waals surface area contributed by atoms with Gasteiger partial charge in [-0.25, -0.2) is 0 Å². The van der Waals surface area contributed by atoms with E-state index < -0.39 is 0 Å². The molecule has 1 aromatic carbocycles. The van der Waals surface area contributed by atoms with Crippen LogP contribution in [0.5, 0.6) is 5.75 Å². The van der Waals surface area contributed by atoms with E-state index in [4.69, 9.17) is 21.7 Å². The number of benzene rings is 1. The van der Waals surface area contributed by atoms with Gasteiger partial charge in [-0.3, -0.25) is 9.69 Å². The number of carbonyl (C=O) groups is 1. The Morgan fingerprint density at radius 1 is 1.57 bits per heavy atom. The molecular formula is C16H17BrN2O3S. The molecule has 0 radical (unpaired) electrons. The molecule has 0 spiro atoms. The van der Waals surface area contributed by atoms with Crippen molar-refractivity contribution in [2.45, 2.75) is 18.9 Å². The fourth-order valence-corrected chi connectivity index (χ4v) is 3.35. The minimum absolute atomic E-state index is 0.0680. The lowest BCUT2D eigenvalue weighted by Gasteiger charge is -2.18. The fraction of sp³-hybridized carbons (Fsp3) is 0.375. The number of amides is 1. The van der Waals surface area contributed by atoms with Crippen LogP contribution in [0.3, 0.4) is 0 Å². The second-order valence-electron chi connectivity index (χ2n) is 5.43. The number of ether oxygens (including phenoxy) is 2. The summed E-state index contributed by atoms with van der Waals surface area (Å²) >= 11 is 8.72. The molecule has 0 aliphatic carbocycles. The second-order valence-corrected chi connectivity index (χ2v) is 6.73. The van der Waals surface area contributed by atoms with E-state index in [9.17, 15) is 4.79 Å². The van der Waals surface area contributed by atoms with Crippen LogP contribution in [-0.2, 0) is 9.53 Å². The van der Waals surface area contributed by atoms with Crippen molar-refractivity contribution in [3.05, 3.63) is 33.9 Å². The lowest BCUT2D eigenvalue weighted by Crippen LogP contribution is -2.37. The maximum Gasteiger partial charge on any atom is 0.276 e. The Morgan fingerprint density at radius 2 is 2.39 bits per heavy atom. The van der Waals surface area contributed by atoms with Gasteiger partial charge in [-0.2, -0.15) is 0 Å². The van der Waals surface area contributed by atoms with E-state index in [-0.39, 0.29) is 12.0 Å². The molecule has 2 saturated heterocycles. The summed E-state index contributed by atoms with van der Waals surface area (Å²) < 4.78 is 11.8. The van der Waals surface area contributed by atoms with E-state index >= 15 is 0 Å². The van der Waals surface area contributed by atoms with Gasteiger partial charge < -0.3 is 14.8 Å². The average Bonchev–Trinajstić information content (AvgIpc) is 3.12. The number of carbonyl (C=O) groups excluding carboxylic acids is 1. The van der Waals surface area contributed by atoms with Gasteiger partial charge in [0.1, 0.15) is 11.4 Å². The smallest absolute Gasteiger partial charge is 0.276 e. The molecule has 122 valence electrons. The van der Waals surface area contributed by atoms with E-state index in [1.165, 1.54) is 0 Å². The number of hydrogen-bond donors (Lipinski definition) is 1. The molecule has 3 rings (SSSR count). The fourth-order valence-electron chi connectivity index (χ4n) is 2.70. The van der Waals surface area contributed by atoms with Crippen LogP contribution in [-0.4, -0.2) is 42.3 Å². The van der Waals surface area contributed by atoms with E-state index in [1.807, 2.05) is 18.2 Å². The van der Waals surface area contributed by atoms with E-state index in [1.54, 1.807) is 18.1 Å². The van der Waals surface area contributed by atoms with Crippen LogP contribution in [0.1, 0.15) is 18.4 Å². The van der Waals surface area contributed by atoms with Crippen molar-refractivity contribution in [3.63, 3.8) is 0 Å². The Balaban J connectivity index is 1.82. The third-order valence-electron chi connectivity index (χ3n) is 3.86. The first-order valence-corrected chi connectivity index (χ1v) is 8.58. The van der Waals surface area contributed by atoms with Crippen LogP contribution in [0.25, 0.3) is 6.08 Å². The van der Waals surface area contributed by atoms with Crippen LogP contribution >= 0.6 is 28.1 Å². The minimum Gasteiger partial charge on any atom is -0.496 e. The minimum atomic E-state index is -0.132. The number of nitrogens with one attached hydrogen (secondary N) is 1. The summed E-state index contributed by atoms with van der Waals surface area (Å²) in [5.41, 5.74) is 1.25. The Hall–Kier alpha value is -1.44. The van der Waals surface area contributed by atoms with Crippen LogP contribution in [0.4, 0.5) is 0 Å². The van der Waals surface area contributed by atoms with E-state index in [0.29, 0.717) is 23.1 Å². The van der Waals surface area contributed by atoms with Crippen LogP contribution in [0.15, 0.2) is 28.4 Å². The largest absolute Gasteiger partial charge is 0.496 e. The quantitative estimate of drug-likeness (QED) is 0.626. The van der Waals surface area contributed by atoms with Gasteiger partial charge in [0, 0.05) is 16.6 Å². The average molecular weight is 397 g/mol. The molecule has 2 aliphatic rings. The molecule has 1 N–H and O–H groups in total. The second kappa shape index (κ2) is 6.98. The zero-order valence-corrected chi connectivity index (χ0v) is 15.1. The molecule has 1 unspecified atom stereocenters. The van der Waals surface area contributed by atoms with Crippen LogP contribution in [0, 0.1) is 0 Å². The molecule has 2 heterocycles. The van der Waals surface area contributed by atoms with Crippen molar-refractivity contribution in [3.8, 4) is 5.75 Å². The molecule has 0 aromatic heterocycles. The molecule has 0 bridgehead atoms. The summed E-state index contributed by atoms with van der Waals surface area (Å²) in [4.78, 5) is 14.2. The predicted molar refractivity (Wildman–Crippen MR) is 95.1 cm³/mol. The van der Waals surface area contributed by atoms with Gasteiger partial charge in [0.15, 0.2) is 5.11 Å². The molecule has 1 atom stereocenters. The number of rotatable bonds is 4. The first-order chi connectivity index (χ1) is 11.1. The van der Waals surface area contributed by atoms with E-state index in [0.717, 1.165) is 29.5 Å². The van der Waals surface area contributed by atoms with Crippen molar-refractivity contribution < 1.29 is 14.3 Å². The zero-order valence-electron chi connectivity index (χ0n) is 12.7. The summed E-state index contributed by atoms with van der Waals surface area (Å²) in [6, 6.07) is 5.63. The standard InChI is InChI=1S/C16H17BrN2O3S/c1-21-14-5-4-11(17)7-10(14)8-13-15(20)19(16(23)18-13)9-12-3-2-6-22-12/h4-5,7-8,12H,2-3,6,9H2,1H3,(H,18,23)/b13-8+. The Bertz CT molecular complexity index is 671. The first-order valence-electron chi connectivity index (χ1n) is 7.38. The number of nitrogens with zero attached hydrogens (tertiary/aromatic N) is 1. The number of hydrogen-bond acceptors (Lipinski definition) is 4. The van der Waals surface area contributed by atoms with Gasteiger partial charge in [0.05, 0.1) is 19.8 Å². The van der Waals surface area contributed by atoms with E-state index in [2.05, 4.69) is 21.2 Å². The highest BCUT2D eigenvalue weighted by Crippen LogP contribution is 2.26. The predicted octanol–water partition coefficient (Wildman–Crippen LogP) is 2.69. The normalized spacial score (nSPS) is 22.8. The highest BCUT2D eigenvalue weighted by molar-refractivity contribution is 9.10. The highest BCUT2D eigenvalue weighted by atomic mass is 79.9. The lowest BCUT2D eigenvalue weighted by atomic mass is 10.1. The maximum absolute atomic E-state index is 12.6. The van der Waals surface area contributed by atoms with Crippen molar-refractivity contribution in [1.82, 2.24) is 10.2 Å². The number of thiocarbonyl (C=S) groups is 1. The van der Waals surface area contributed by atoms with Gasteiger partial charge in [-0.05, 0) is 49.3 Å². The van der Waals surface area contributed by atoms with Gasteiger partial charge >= 0.3 is 0 Å². The molecule has 5 nitrogen and oxygen atoms in total. The molecule has 1 amide bonds. The monoisotopic (exact) mass is 396 g/mol. The molecule has 1 aromatic rings. The molecule has 0 saturated carbocycles. The SMILES string of the molecule is COc1ccc(Br)cc1/C=C1/NC(=S)N(CC2CCCO2)C1=O. The van der Waals surface area contributed by atoms with Crippen molar-refractivity contribution in [2.75, 3.05) is 20.3 Å². The lowest BCUT2D eigenvalue weighted by molar-refractivity contribution is -0.123. The zero-order chi connectivity index (χ0) is 16.4. The molecule has 2 aliphatic heterocycles. The Labute approximate surface area is 148 Å². The molecule has 7 heteroatoms. The van der Waals surface area contributed by atoms with Crippen LogP contribution < -0.4 is 10.1 Å². The summed E-state index contributed by atoms with van der Waals surface area (Å²) in [7, 11) is 1.60. The number of halogens is 1. The summed E-state index contributed by atoms with van der Waals surface area (Å²) in [6.45, 7) is 1.25. The first kappa shape index (κ1) is 16.4. The van der Waals surface area contributed by atoms with Crippen LogP contribution in [0.2, 0.25) is 0 Å². The van der Waals surface area contributed by atoms with Gasteiger partial charge in [-0.1, -0.05) is 15.9 Å². The van der Waals surface area contributed by atoms with Gasteiger partial charge in [0.2, 0.25) is 0 Å². The molecule has 23 heavy (non-hydrogen) atoms. The highest BCUT2D eigenvalue weighted by Gasteiger charge is 2.33.